The fourth-order valence-electron chi connectivity index (χ4n) is 4.30. The molecular formula is C21H26N6O3. The second-order valence-electron chi connectivity index (χ2n) is 7.70. The maximum absolute atomic E-state index is 12.2. The van der Waals surface area contributed by atoms with E-state index in [2.05, 4.69) is 15.3 Å². The molecule has 0 spiro atoms. The summed E-state index contributed by atoms with van der Waals surface area (Å²) in [4.78, 5) is 21.2. The van der Waals surface area contributed by atoms with Crippen LogP contribution in [0.2, 0.25) is 0 Å². The summed E-state index contributed by atoms with van der Waals surface area (Å²) in [5, 5.41) is 13.8. The molecule has 0 unspecified atom stereocenters. The van der Waals surface area contributed by atoms with Gasteiger partial charge in [0.2, 0.25) is 5.95 Å². The number of nitrogens with zero attached hydrogens (tertiary/aromatic N) is 3. The third-order valence-corrected chi connectivity index (χ3v) is 5.81. The average molecular weight is 410 g/mol. The molecule has 1 saturated carbocycles. The third-order valence-electron chi connectivity index (χ3n) is 5.81. The van der Waals surface area contributed by atoms with E-state index in [0.717, 1.165) is 36.1 Å². The average Bonchev–Trinajstić information content (AvgIpc) is 3.23. The molecule has 30 heavy (non-hydrogen) atoms. The van der Waals surface area contributed by atoms with Gasteiger partial charge in [-0.05, 0) is 44.7 Å². The quantitative estimate of drug-likeness (QED) is 0.504. The van der Waals surface area contributed by atoms with Crippen molar-refractivity contribution in [1.29, 1.82) is 0 Å². The number of benzene rings is 1. The normalized spacial score (nSPS) is 18.7. The van der Waals surface area contributed by atoms with E-state index in [9.17, 15) is 9.90 Å². The summed E-state index contributed by atoms with van der Waals surface area (Å²) in [5.41, 5.74) is 15.3. The number of aliphatic hydroxyl groups is 1. The number of fused-ring (bicyclic) bond motifs is 1. The van der Waals surface area contributed by atoms with Crippen LogP contribution in [0.25, 0.3) is 16.7 Å². The van der Waals surface area contributed by atoms with Crippen molar-refractivity contribution < 1.29 is 14.6 Å². The first-order chi connectivity index (χ1) is 14.3. The summed E-state index contributed by atoms with van der Waals surface area (Å²) in [5.74, 6) is 0.606. The molecule has 6 N–H and O–H groups in total. The third kappa shape index (κ3) is 3.11. The van der Waals surface area contributed by atoms with E-state index in [4.69, 9.17) is 16.2 Å². The highest BCUT2D eigenvalue weighted by molar-refractivity contribution is 6.10. The predicted octanol–water partition coefficient (Wildman–Crippen LogP) is 2.05. The van der Waals surface area contributed by atoms with Gasteiger partial charge in [0.1, 0.15) is 11.6 Å². The zero-order valence-electron chi connectivity index (χ0n) is 17.3. The molecule has 1 amide bonds. The van der Waals surface area contributed by atoms with Crippen molar-refractivity contribution in [3.05, 3.63) is 35.0 Å². The molecule has 0 radical (unpaired) electrons. The maximum atomic E-state index is 12.2. The number of ether oxygens (including phenoxy) is 1. The Balaban J connectivity index is 1.95. The Hall–Kier alpha value is -3.33. The van der Waals surface area contributed by atoms with Crippen molar-refractivity contribution in [2.24, 2.45) is 5.73 Å². The number of hydrogen-bond acceptors (Lipinski definition) is 7. The lowest BCUT2D eigenvalue weighted by Gasteiger charge is -2.18. The van der Waals surface area contributed by atoms with Gasteiger partial charge in [-0.2, -0.15) is 4.98 Å². The number of aromatic nitrogens is 3. The molecule has 0 aliphatic heterocycles. The van der Waals surface area contributed by atoms with E-state index < -0.39 is 12.0 Å². The van der Waals surface area contributed by atoms with Crippen LogP contribution in [0.3, 0.4) is 0 Å². The van der Waals surface area contributed by atoms with Gasteiger partial charge in [-0.1, -0.05) is 6.07 Å². The Morgan fingerprint density at radius 2 is 2.10 bits per heavy atom. The number of primary amides is 1. The lowest BCUT2D eigenvalue weighted by atomic mass is 10.1. The van der Waals surface area contributed by atoms with Crippen molar-refractivity contribution in [2.45, 2.75) is 45.3 Å². The Bertz CT molecular complexity index is 1140. The van der Waals surface area contributed by atoms with Crippen LogP contribution in [0.5, 0.6) is 5.75 Å². The fraction of sp³-hybridized carbons (Fsp3) is 0.381. The van der Waals surface area contributed by atoms with Crippen LogP contribution in [0, 0.1) is 13.8 Å². The van der Waals surface area contributed by atoms with Gasteiger partial charge in [0.05, 0.1) is 35.9 Å². The number of methoxy groups -OCH3 is 1. The van der Waals surface area contributed by atoms with Crippen LogP contribution in [0.1, 0.15) is 40.7 Å². The molecule has 1 aliphatic rings. The fourth-order valence-corrected chi connectivity index (χ4v) is 4.30. The summed E-state index contributed by atoms with van der Waals surface area (Å²) in [6.45, 7) is 3.87. The topological polar surface area (TPSA) is 141 Å². The number of aryl methyl sites for hydroxylation is 1. The molecule has 0 saturated heterocycles. The van der Waals surface area contributed by atoms with E-state index in [0.29, 0.717) is 22.7 Å². The Labute approximate surface area is 174 Å². The monoisotopic (exact) mass is 410 g/mol. The number of rotatable bonds is 5. The van der Waals surface area contributed by atoms with Crippen molar-refractivity contribution in [2.75, 3.05) is 18.2 Å². The standard InChI is InChI=1S/C21H26N6O3/c1-10-7-8-15(30-3)11(2)17(10)27-18(22)16(19(23)29)12-9-24-21(26-20(12)27)25-13-5-4-6-14(13)28/h7-9,13-14,28H,4-6,22H2,1-3H3,(H2,23,29)(H,24,25,26)/t13-,14-/m1/s1. The number of nitrogen functional groups attached to an aromatic ring is 1. The molecule has 158 valence electrons. The van der Waals surface area contributed by atoms with Gasteiger partial charge in [0.15, 0.2) is 5.65 Å². The largest absolute Gasteiger partial charge is 0.496 e. The first-order valence-corrected chi connectivity index (χ1v) is 9.89. The van der Waals surface area contributed by atoms with E-state index in [1.165, 1.54) is 0 Å². The number of hydrogen-bond donors (Lipinski definition) is 4. The highest BCUT2D eigenvalue weighted by Crippen LogP contribution is 2.36. The van der Waals surface area contributed by atoms with E-state index in [1.807, 2.05) is 26.0 Å². The lowest BCUT2D eigenvalue weighted by Crippen LogP contribution is -2.28. The highest BCUT2D eigenvalue weighted by atomic mass is 16.5. The zero-order chi connectivity index (χ0) is 21.6. The molecule has 1 aromatic carbocycles. The molecule has 9 nitrogen and oxygen atoms in total. The van der Waals surface area contributed by atoms with Crippen molar-refractivity contribution in [3.8, 4) is 11.4 Å². The molecule has 0 bridgehead atoms. The number of nitrogens with one attached hydrogen (secondary N) is 1. The molecule has 2 atom stereocenters. The van der Waals surface area contributed by atoms with Crippen molar-refractivity contribution >= 4 is 28.7 Å². The first-order valence-electron chi connectivity index (χ1n) is 9.89. The van der Waals surface area contributed by atoms with Gasteiger partial charge < -0.3 is 26.6 Å². The molecular weight excluding hydrogens is 384 g/mol. The van der Waals surface area contributed by atoms with Gasteiger partial charge in [0, 0.05) is 11.8 Å². The zero-order valence-corrected chi connectivity index (χ0v) is 17.3. The minimum absolute atomic E-state index is 0.112. The van der Waals surface area contributed by atoms with E-state index in [-0.39, 0.29) is 17.4 Å². The number of carbonyl (C=O) groups is 1. The molecule has 3 aromatic rings. The Morgan fingerprint density at radius 1 is 1.33 bits per heavy atom. The van der Waals surface area contributed by atoms with Gasteiger partial charge in [-0.25, -0.2) is 4.98 Å². The molecule has 1 aliphatic carbocycles. The number of amides is 1. The SMILES string of the molecule is COc1ccc(C)c(-n2c(N)c(C(N)=O)c3cnc(N[C@@H]4CCC[C@H]4O)nc32)c1C. The number of nitrogens with two attached hydrogens (primary N) is 2. The van der Waals surface area contributed by atoms with Crippen molar-refractivity contribution in [3.63, 3.8) is 0 Å². The van der Waals surface area contributed by atoms with Crippen LogP contribution in [0.15, 0.2) is 18.3 Å². The molecule has 1 fully saturated rings. The first kappa shape index (κ1) is 20.0. The Kier molecular flexibility index (Phi) is 4.98. The molecule has 9 heteroatoms. The molecule has 2 heterocycles. The van der Waals surface area contributed by atoms with Crippen LogP contribution in [-0.2, 0) is 0 Å². The minimum Gasteiger partial charge on any atom is -0.496 e. The van der Waals surface area contributed by atoms with E-state index in [1.54, 1.807) is 17.9 Å². The summed E-state index contributed by atoms with van der Waals surface area (Å²) >= 11 is 0. The van der Waals surface area contributed by atoms with Crippen LogP contribution >= 0.6 is 0 Å². The lowest BCUT2D eigenvalue weighted by molar-refractivity contribution is 0.100. The second kappa shape index (κ2) is 7.49. The van der Waals surface area contributed by atoms with Crippen LogP contribution in [0.4, 0.5) is 11.8 Å². The van der Waals surface area contributed by atoms with Crippen LogP contribution in [-0.4, -0.2) is 44.8 Å². The van der Waals surface area contributed by atoms with Crippen molar-refractivity contribution in [1.82, 2.24) is 14.5 Å². The smallest absolute Gasteiger partial charge is 0.253 e. The summed E-state index contributed by atoms with van der Waals surface area (Å²) in [7, 11) is 1.60. The van der Waals surface area contributed by atoms with Gasteiger partial charge in [-0.3, -0.25) is 9.36 Å². The summed E-state index contributed by atoms with van der Waals surface area (Å²) < 4.78 is 7.20. The minimum atomic E-state index is -0.648. The highest BCUT2D eigenvalue weighted by Gasteiger charge is 2.28. The predicted molar refractivity (Wildman–Crippen MR) is 115 cm³/mol. The number of anilines is 2. The molecule has 2 aromatic heterocycles. The summed E-state index contributed by atoms with van der Waals surface area (Å²) in [6.07, 6.45) is 3.64. The van der Waals surface area contributed by atoms with E-state index >= 15 is 0 Å². The molecule has 4 rings (SSSR count). The maximum Gasteiger partial charge on any atom is 0.253 e. The van der Waals surface area contributed by atoms with Crippen LogP contribution < -0.4 is 21.5 Å². The van der Waals surface area contributed by atoms with Gasteiger partial charge in [0.25, 0.3) is 5.91 Å². The second-order valence-corrected chi connectivity index (χ2v) is 7.70. The van der Waals surface area contributed by atoms with Gasteiger partial charge >= 0.3 is 0 Å². The summed E-state index contributed by atoms with van der Waals surface area (Å²) in [6, 6.07) is 3.69. The number of carbonyl (C=O) groups excluding carboxylic acids is 1. The van der Waals surface area contributed by atoms with Gasteiger partial charge in [-0.15, -0.1) is 0 Å². The Morgan fingerprint density at radius 3 is 2.73 bits per heavy atom. The number of aliphatic hydroxyl groups excluding tert-OH is 1.